The van der Waals surface area contributed by atoms with Gasteiger partial charge in [-0.1, -0.05) is 6.92 Å². The number of rotatable bonds is 5. The first kappa shape index (κ1) is 12.9. The van der Waals surface area contributed by atoms with Crippen LogP contribution < -0.4 is 5.32 Å². The summed E-state index contributed by atoms with van der Waals surface area (Å²) in [5.41, 5.74) is 0. The molecule has 0 aliphatic carbocycles. The summed E-state index contributed by atoms with van der Waals surface area (Å²) in [5, 5.41) is 12.6. The zero-order valence-electron chi connectivity index (χ0n) is 10.2. The maximum Gasteiger partial charge on any atom is 0.0445 e. The lowest BCUT2D eigenvalue weighted by atomic mass is 10.1. The zero-order chi connectivity index (χ0) is 11.1. The van der Waals surface area contributed by atoms with Gasteiger partial charge in [-0.3, -0.25) is 0 Å². The standard InChI is InChI=1S/C12H26N2O/c1-3-11(7-10-15)13-12-5-4-8-14(2)9-6-12/h11-13,15H,3-10H2,1-2H3. The van der Waals surface area contributed by atoms with Crippen molar-refractivity contribution in [3.05, 3.63) is 0 Å². The Hall–Kier alpha value is -0.120. The molecule has 0 bridgehead atoms. The highest BCUT2D eigenvalue weighted by atomic mass is 16.3. The molecular weight excluding hydrogens is 188 g/mol. The van der Waals surface area contributed by atoms with Crippen LogP contribution in [0.5, 0.6) is 0 Å². The maximum atomic E-state index is 8.95. The van der Waals surface area contributed by atoms with Gasteiger partial charge in [0.2, 0.25) is 0 Å². The summed E-state index contributed by atoms with van der Waals surface area (Å²) in [4.78, 5) is 2.41. The van der Waals surface area contributed by atoms with Crippen molar-refractivity contribution in [3.63, 3.8) is 0 Å². The van der Waals surface area contributed by atoms with Crippen LogP contribution in [0.2, 0.25) is 0 Å². The highest BCUT2D eigenvalue weighted by molar-refractivity contribution is 4.77. The molecule has 15 heavy (non-hydrogen) atoms. The van der Waals surface area contributed by atoms with Crippen molar-refractivity contribution in [2.24, 2.45) is 0 Å². The lowest BCUT2D eigenvalue weighted by molar-refractivity contribution is 0.251. The zero-order valence-corrected chi connectivity index (χ0v) is 10.2. The first-order valence-electron chi connectivity index (χ1n) is 6.31. The van der Waals surface area contributed by atoms with Crippen LogP contribution in [0.25, 0.3) is 0 Å². The topological polar surface area (TPSA) is 35.5 Å². The van der Waals surface area contributed by atoms with E-state index in [1.165, 1.54) is 32.4 Å². The Bertz CT molecular complexity index is 164. The van der Waals surface area contributed by atoms with Gasteiger partial charge in [0, 0.05) is 18.7 Å². The predicted octanol–water partition coefficient (Wildman–Crippen LogP) is 1.22. The Morgan fingerprint density at radius 2 is 2.20 bits per heavy atom. The molecule has 0 aromatic carbocycles. The van der Waals surface area contributed by atoms with E-state index in [2.05, 4.69) is 24.2 Å². The monoisotopic (exact) mass is 214 g/mol. The van der Waals surface area contributed by atoms with Gasteiger partial charge in [0.05, 0.1) is 0 Å². The summed E-state index contributed by atoms with van der Waals surface area (Å²) < 4.78 is 0. The number of aliphatic hydroxyl groups is 1. The van der Waals surface area contributed by atoms with Crippen molar-refractivity contribution in [2.45, 2.75) is 51.1 Å². The van der Waals surface area contributed by atoms with Crippen molar-refractivity contribution >= 4 is 0 Å². The molecule has 1 aliphatic rings. The van der Waals surface area contributed by atoms with Crippen LogP contribution in [0.4, 0.5) is 0 Å². The summed E-state index contributed by atoms with van der Waals surface area (Å²) in [6.45, 7) is 4.93. The van der Waals surface area contributed by atoms with Crippen molar-refractivity contribution in [3.8, 4) is 0 Å². The van der Waals surface area contributed by atoms with Crippen LogP contribution in [-0.4, -0.2) is 48.8 Å². The Kier molecular flexibility index (Phi) is 6.22. The molecule has 3 nitrogen and oxygen atoms in total. The quantitative estimate of drug-likeness (QED) is 0.722. The fraction of sp³-hybridized carbons (Fsp3) is 1.00. The van der Waals surface area contributed by atoms with E-state index in [0.717, 1.165) is 12.8 Å². The molecule has 1 heterocycles. The van der Waals surface area contributed by atoms with Crippen LogP contribution in [0.1, 0.15) is 39.0 Å². The van der Waals surface area contributed by atoms with E-state index in [9.17, 15) is 0 Å². The second-order valence-corrected chi connectivity index (χ2v) is 4.72. The molecule has 1 aliphatic heterocycles. The van der Waals surface area contributed by atoms with Gasteiger partial charge in [-0.05, 0) is 52.2 Å². The molecule has 0 spiro atoms. The molecule has 1 fully saturated rings. The number of hydrogen-bond acceptors (Lipinski definition) is 3. The van der Waals surface area contributed by atoms with Crippen LogP contribution >= 0.6 is 0 Å². The average Bonchev–Trinajstić information content (AvgIpc) is 2.43. The molecule has 0 saturated carbocycles. The van der Waals surface area contributed by atoms with E-state index in [-0.39, 0.29) is 0 Å². The second kappa shape index (κ2) is 7.20. The normalized spacial score (nSPS) is 26.2. The number of nitrogens with zero attached hydrogens (tertiary/aromatic N) is 1. The molecule has 90 valence electrons. The maximum absolute atomic E-state index is 8.95. The second-order valence-electron chi connectivity index (χ2n) is 4.72. The minimum absolute atomic E-state index is 0.304. The highest BCUT2D eigenvalue weighted by Crippen LogP contribution is 2.11. The average molecular weight is 214 g/mol. The SMILES string of the molecule is CCC(CCO)NC1CCCN(C)CC1. The van der Waals surface area contributed by atoms with Gasteiger partial charge in [0.25, 0.3) is 0 Å². The third-order valence-corrected chi connectivity index (χ3v) is 3.39. The molecule has 0 radical (unpaired) electrons. The van der Waals surface area contributed by atoms with E-state index >= 15 is 0 Å². The van der Waals surface area contributed by atoms with Gasteiger partial charge in [-0.25, -0.2) is 0 Å². The van der Waals surface area contributed by atoms with Gasteiger partial charge in [0.15, 0.2) is 0 Å². The Balaban J connectivity index is 2.29. The summed E-state index contributed by atoms with van der Waals surface area (Å²) >= 11 is 0. The highest BCUT2D eigenvalue weighted by Gasteiger charge is 2.17. The molecule has 1 saturated heterocycles. The van der Waals surface area contributed by atoms with Gasteiger partial charge < -0.3 is 15.3 Å². The molecule has 3 heteroatoms. The van der Waals surface area contributed by atoms with Crippen molar-refractivity contribution in [1.29, 1.82) is 0 Å². The van der Waals surface area contributed by atoms with E-state index in [0.29, 0.717) is 18.7 Å². The molecule has 2 unspecified atom stereocenters. The molecular formula is C12H26N2O. The predicted molar refractivity (Wildman–Crippen MR) is 64.1 cm³/mol. The van der Waals surface area contributed by atoms with E-state index in [1.54, 1.807) is 0 Å². The van der Waals surface area contributed by atoms with Gasteiger partial charge in [0.1, 0.15) is 0 Å². The minimum Gasteiger partial charge on any atom is -0.396 e. The molecule has 2 N–H and O–H groups in total. The summed E-state index contributed by atoms with van der Waals surface area (Å²) in [7, 11) is 2.20. The number of aliphatic hydroxyl groups excluding tert-OH is 1. The van der Waals surface area contributed by atoms with Gasteiger partial charge in [-0.15, -0.1) is 0 Å². The summed E-state index contributed by atoms with van der Waals surface area (Å²) in [6.07, 6.45) is 5.84. The van der Waals surface area contributed by atoms with Gasteiger partial charge in [-0.2, -0.15) is 0 Å². The van der Waals surface area contributed by atoms with Crippen molar-refractivity contribution < 1.29 is 5.11 Å². The Morgan fingerprint density at radius 1 is 1.40 bits per heavy atom. The number of hydrogen-bond donors (Lipinski definition) is 2. The van der Waals surface area contributed by atoms with Crippen molar-refractivity contribution in [1.82, 2.24) is 10.2 Å². The molecule has 0 aromatic rings. The Labute approximate surface area is 93.9 Å². The first-order valence-corrected chi connectivity index (χ1v) is 6.31. The van der Waals surface area contributed by atoms with Crippen LogP contribution in [0, 0.1) is 0 Å². The first-order chi connectivity index (χ1) is 7.26. The summed E-state index contributed by atoms with van der Waals surface area (Å²) in [5.74, 6) is 0. The fourth-order valence-electron chi connectivity index (χ4n) is 2.30. The van der Waals surface area contributed by atoms with Crippen LogP contribution in [0.15, 0.2) is 0 Å². The third-order valence-electron chi connectivity index (χ3n) is 3.39. The molecule has 1 rings (SSSR count). The number of nitrogens with one attached hydrogen (secondary N) is 1. The van der Waals surface area contributed by atoms with Crippen LogP contribution in [0.3, 0.4) is 0 Å². The summed E-state index contributed by atoms with van der Waals surface area (Å²) in [6, 6.07) is 1.16. The Morgan fingerprint density at radius 3 is 2.87 bits per heavy atom. The minimum atomic E-state index is 0.304. The van der Waals surface area contributed by atoms with Crippen LogP contribution in [-0.2, 0) is 0 Å². The molecule has 0 amide bonds. The molecule has 2 atom stereocenters. The van der Waals surface area contributed by atoms with Crippen molar-refractivity contribution in [2.75, 3.05) is 26.7 Å². The lowest BCUT2D eigenvalue weighted by Crippen LogP contribution is -2.39. The number of likely N-dealkylation sites (tertiary alicyclic amines) is 1. The van der Waals surface area contributed by atoms with E-state index in [4.69, 9.17) is 5.11 Å². The van der Waals surface area contributed by atoms with Gasteiger partial charge >= 0.3 is 0 Å². The van der Waals surface area contributed by atoms with E-state index < -0.39 is 0 Å². The largest absolute Gasteiger partial charge is 0.396 e. The fourth-order valence-corrected chi connectivity index (χ4v) is 2.30. The molecule has 0 aromatic heterocycles. The van der Waals surface area contributed by atoms with E-state index in [1.807, 2.05) is 0 Å². The third kappa shape index (κ3) is 4.96. The lowest BCUT2D eigenvalue weighted by Gasteiger charge is -2.23. The smallest absolute Gasteiger partial charge is 0.0445 e.